The summed E-state index contributed by atoms with van der Waals surface area (Å²) in [6.45, 7) is 2.98. The molecule has 8 nitrogen and oxygen atoms in total. The maximum atomic E-state index is 12.6. The number of nitrogens with one attached hydrogen (secondary N) is 1. The van der Waals surface area contributed by atoms with E-state index in [0.29, 0.717) is 17.0 Å². The van der Waals surface area contributed by atoms with Crippen LogP contribution >= 0.6 is 11.8 Å². The van der Waals surface area contributed by atoms with Crippen molar-refractivity contribution in [3.05, 3.63) is 64.1 Å². The molecule has 0 saturated carbocycles. The Balaban J connectivity index is 1.64. The van der Waals surface area contributed by atoms with Crippen LogP contribution in [0, 0.1) is 13.8 Å². The summed E-state index contributed by atoms with van der Waals surface area (Å²) in [5, 5.41) is 10.8. The van der Waals surface area contributed by atoms with Crippen LogP contribution < -0.4 is 10.1 Å². The summed E-state index contributed by atoms with van der Waals surface area (Å²) in [4.78, 5) is 48.9. The number of carbonyl (C=O) groups is 4. The van der Waals surface area contributed by atoms with E-state index < -0.39 is 29.6 Å². The van der Waals surface area contributed by atoms with E-state index in [1.165, 1.54) is 6.08 Å². The largest absolute Gasteiger partial charge is 0.482 e. The van der Waals surface area contributed by atoms with Gasteiger partial charge in [-0.3, -0.25) is 19.3 Å². The van der Waals surface area contributed by atoms with E-state index in [9.17, 15) is 19.2 Å². The van der Waals surface area contributed by atoms with Gasteiger partial charge in [0.05, 0.1) is 4.91 Å². The monoisotopic (exact) mass is 440 g/mol. The van der Waals surface area contributed by atoms with Gasteiger partial charge in [0, 0.05) is 5.69 Å². The summed E-state index contributed by atoms with van der Waals surface area (Å²) in [6.07, 6.45) is 1.54. The number of carboxylic acids is 1. The van der Waals surface area contributed by atoms with Crippen molar-refractivity contribution in [2.75, 3.05) is 18.5 Å². The summed E-state index contributed by atoms with van der Waals surface area (Å²) in [5.74, 6) is -1.72. The lowest BCUT2D eigenvalue weighted by atomic mass is 10.1. The van der Waals surface area contributed by atoms with E-state index >= 15 is 0 Å². The fraction of sp³-hybridized carbons (Fsp3) is 0.182. The minimum atomic E-state index is -1.08. The van der Waals surface area contributed by atoms with Crippen molar-refractivity contribution in [1.29, 1.82) is 0 Å². The highest BCUT2D eigenvalue weighted by atomic mass is 32.2. The van der Waals surface area contributed by atoms with Gasteiger partial charge in [0.1, 0.15) is 12.3 Å². The van der Waals surface area contributed by atoms with Crippen LogP contribution in [-0.2, 0) is 14.4 Å². The SMILES string of the molecule is Cc1ccc(NC(=O)CN2C(=O)SC(=Cc3ccc(OCC(=O)O)cc3)C2=O)c(C)c1. The average Bonchev–Trinajstić information content (AvgIpc) is 2.97. The fourth-order valence-electron chi connectivity index (χ4n) is 2.88. The molecule has 3 rings (SSSR count). The lowest BCUT2D eigenvalue weighted by Gasteiger charge is -2.14. The summed E-state index contributed by atoms with van der Waals surface area (Å²) in [7, 11) is 0. The maximum absolute atomic E-state index is 12.6. The van der Waals surface area contributed by atoms with Gasteiger partial charge in [-0.25, -0.2) is 4.79 Å². The van der Waals surface area contributed by atoms with Crippen LogP contribution in [-0.4, -0.2) is 46.2 Å². The van der Waals surface area contributed by atoms with Gasteiger partial charge in [0.2, 0.25) is 5.91 Å². The number of carbonyl (C=O) groups excluding carboxylic acids is 3. The molecular weight excluding hydrogens is 420 g/mol. The first-order valence-electron chi connectivity index (χ1n) is 9.30. The fourth-order valence-corrected chi connectivity index (χ4v) is 3.72. The molecule has 0 unspecified atom stereocenters. The van der Waals surface area contributed by atoms with Crippen LogP contribution in [0.2, 0.25) is 0 Å². The average molecular weight is 440 g/mol. The Morgan fingerprint density at radius 1 is 1.13 bits per heavy atom. The number of thioether (sulfide) groups is 1. The van der Waals surface area contributed by atoms with Gasteiger partial charge in [-0.15, -0.1) is 0 Å². The molecule has 1 fully saturated rings. The van der Waals surface area contributed by atoms with Crippen molar-refractivity contribution in [2.24, 2.45) is 0 Å². The highest BCUT2D eigenvalue weighted by Gasteiger charge is 2.36. The minimum absolute atomic E-state index is 0.198. The third-order valence-electron chi connectivity index (χ3n) is 4.37. The molecule has 3 amide bonds. The second-order valence-corrected chi connectivity index (χ2v) is 7.88. The van der Waals surface area contributed by atoms with Gasteiger partial charge >= 0.3 is 5.97 Å². The number of aryl methyl sites for hydroxylation is 2. The predicted molar refractivity (Wildman–Crippen MR) is 117 cm³/mol. The van der Waals surface area contributed by atoms with Crippen LogP contribution in [0.15, 0.2) is 47.4 Å². The molecule has 0 radical (unpaired) electrons. The van der Waals surface area contributed by atoms with Crippen LogP contribution in [0.25, 0.3) is 6.08 Å². The summed E-state index contributed by atoms with van der Waals surface area (Å²) in [5.41, 5.74) is 3.21. The number of rotatable bonds is 7. The Bertz CT molecular complexity index is 1080. The second-order valence-electron chi connectivity index (χ2n) is 6.89. The Labute approximate surface area is 182 Å². The molecule has 1 aliphatic heterocycles. The zero-order valence-corrected chi connectivity index (χ0v) is 17.7. The molecule has 1 aliphatic rings. The number of anilines is 1. The van der Waals surface area contributed by atoms with Crippen molar-refractivity contribution < 1.29 is 29.0 Å². The number of carboxylic acid groups (broad SMARTS) is 1. The van der Waals surface area contributed by atoms with Gasteiger partial charge in [-0.1, -0.05) is 29.8 Å². The molecule has 2 aromatic rings. The van der Waals surface area contributed by atoms with E-state index in [1.807, 2.05) is 26.0 Å². The lowest BCUT2D eigenvalue weighted by Crippen LogP contribution is -2.36. The van der Waals surface area contributed by atoms with Crippen molar-refractivity contribution in [3.63, 3.8) is 0 Å². The molecule has 31 heavy (non-hydrogen) atoms. The third kappa shape index (κ3) is 5.73. The highest BCUT2D eigenvalue weighted by molar-refractivity contribution is 8.18. The van der Waals surface area contributed by atoms with E-state index in [1.54, 1.807) is 30.3 Å². The number of hydrogen-bond donors (Lipinski definition) is 2. The van der Waals surface area contributed by atoms with Gasteiger partial charge < -0.3 is 15.2 Å². The molecule has 0 aliphatic carbocycles. The smallest absolute Gasteiger partial charge is 0.341 e. The summed E-state index contributed by atoms with van der Waals surface area (Å²) < 4.78 is 5.06. The Morgan fingerprint density at radius 3 is 2.48 bits per heavy atom. The highest BCUT2D eigenvalue weighted by Crippen LogP contribution is 2.32. The molecule has 2 aromatic carbocycles. The maximum Gasteiger partial charge on any atom is 0.341 e. The van der Waals surface area contributed by atoms with Gasteiger partial charge in [0.25, 0.3) is 11.1 Å². The number of nitrogens with zero attached hydrogens (tertiary/aromatic N) is 1. The van der Waals surface area contributed by atoms with Crippen molar-refractivity contribution in [3.8, 4) is 5.75 Å². The number of imide groups is 1. The molecule has 9 heteroatoms. The third-order valence-corrected chi connectivity index (χ3v) is 5.28. The first kappa shape index (κ1) is 22.1. The normalized spacial score (nSPS) is 14.8. The van der Waals surface area contributed by atoms with Gasteiger partial charge in [-0.2, -0.15) is 0 Å². The van der Waals surface area contributed by atoms with Crippen molar-refractivity contribution in [1.82, 2.24) is 4.90 Å². The summed E-state index contributed by atoms with van der Waals surface area (Å²) in [6, 6.07) is 12.0. The number of amides is 3. The summed E-state index contributed by atoms with van der Waals surface area (Å²) >= 11 is 0.758. The van der Waals surface area contributed by atoms with E-state index in [2.05, 4.69) is 5.32 Å². The van der Waals surface area contributed by atoms with Crippen LogP contribution in [0.4, 0.5) is 10.5 Å². The van der Waals surface area contributed by atoms with Gasteiger partial charge in [-0.05, 0) is 61.0 Å². The lowest BCUT2D eigenvalue weighted by molar-refractivity contribution is -0.139. The quantitative estimate of drug-likeness (QED) is 0.634. The number of ether oxygens (including phenoxy) is 1. The molecule has 1 heterocycles. The van der Waals surface area contributed by atoms with Crippen molar-refractivity contribution in [2.45, 2.75) is 13.8 Å². The molecule has 160 valence electrons. The zero-order valence-electron chi connectivity index (χ0n) is 16.9. The Kier molecular flexibility index (Phi) is 6.76. The number of hydrogen-bond acceptors (Lipinski definition) is 6. The number of aliphatic carboxylic acids is 1. The Morgan fingerprint density at radius 2 is 1.84 bits per heavy atom. The zero-order chi connectivity index (χ0) is 22.5. The second kappa shape index (κ2) is 9.48. The molecule has 0 spiro atoms. The molecule has 0 aromatic heterocycles. The van der Waals surface area contributed by atoms with Crippen LogP contribution in [0.5, 0.6) is 5.75 Å². The topological polar surface area (TPSA) is 113 Å². The standard InChI is InChI=1S/C22H20N2O6S/c1-13-3-8-17(14(2)9-13)23-19(25)11-24-21(28)18(31-22(24)29)10-15-4-6-16(7-5-15)30-12-20(26)27/h3-10H,11-12H2,1-2H3,(H,23,25)(H,26,27). The van der Waals surface area contributed by atoms with Crippen LogP contribution in [0.1, 0.15) is 16.7 Å². The van der Waals surface area contributed by atoms with E-state index in [4.69, 9.17) is 9.84 Å². The molecule has 0 atom stereocenters. The van der Waals surface area contributed by atoms with Gasteiger partial charge in [0.15, 0.2) is 6.61 Å². The van der Waals surface area contributed by atoms with Crippen molar-refractivity contribution >= 4 is 46.5 Å². The number of benzene rings is 2. The van der Waals surface area contributed by atoms with E-state index in [0.717, 1.165) is 27.8 Å². The minimum Gasteiger partial charge on any atom is -0.482 e. The van der Waals surface area contributed by atoms with Crippen LogP contribution in [0.3, 0.4) is 0 Å². The molecule has 1 saturated heterocycles. The molecule has 2 N–H and O–H groups in total. The molecular formula is C22H20N2O6S. The first-order valence-corrected chi connectivity index (χ1v) is 10.1. The van der Waals surface area contributed by atoms with E-state index in [-0.39, 0.29) is 11.4 Å². The Hall–Kier alpha value is -3.59. The molecule has 0 bridgehead atoms. The predicted octanol–water partition coefficient (Wildman–Crippen LogP) is 3.44. The first-order chi connectivity index (χ1) is 14.7.